The van der Waals surface area contributed by atoms with Crippen LogP contribution >= 0.6 is 0 Å². The van der Waals surface area contributed by atoms with Gasteiger partial charge in [0.1, 0.15) is 0 Å². The molecule has 2 fully saturated rings. The Morgan fingerprint density at radius 1 is 1.26 bits per heavy atom. The van der Waals surface area contributed by atoms with Crippen molar-refractivity contribution in [1.82, 2.24) is 5.06 Å². The van der Waals surface area contributed by atoms with Crippen LogP contribution in [0.3, 0.4) is 0 Å². The van der Waals surface area contributed by atoms with Crippen molar-refractivity contribution in [3.63, 3.8) is 0 Å². The number of carbonyl (C=O) groups is 1. The third-order valence-electron chi connectivity index (χ3n) is 4.74. The number of hydrogen-bond donors (Lipinski definition) is 1. The Bertz CT molecular complexity index is 387. The van der Waals surface area contributed by atoms with Gasteiger partial charge in [0, 0.05) is 31.9 Å². The van der Waals surface area contributed by atoms with E-state index in [0.717, 1.165) is 25.7 Å². The molecule has 0 saturated carbocycles. The van der Waals surface area contributed by atoms with Gasteiger partial charge < -0.3 is 14.2 Å². The first-order valence-corrected chi connectivity index (χ1v) is 8.50. The predicted octanol–water partition coefficient (Wildman–Crippen LogP) is 2.02. The summed E-state index contributed by atoms with van der Waals surface area (Å²) in [5.41, 5.74) is 0. The molecule has 0 aromatic heterocycles. The molecule has 4 unspecified atom stereocenters. The van der Waals surface area contributed by atoms with Crippen LogP contribution in [0.15, 0.2) is 12.7 Å². The summed E-state index contributed by atoms with van der Waals surface area (Å²) in [7, 11) is 1.35. The van der Waals surface area contributed by atoms with E-state index in [9.17, 15) is 4.79 Å². The average Bonchev–Trinajstić information content (AvgIpc) is 3.12. The molecule has 0 aliphatic carbocycles. The van der Waals surface area contributed by atoms with E-state index in [1.54, 1.807) is 6.08 Å². The molecule has 2 saturated heterocycles. The highest BCUT2D eigenvalue weighted by atomic mass is 16.5. The van der Waals surface area contributed by atoms with Gasteiger partial charge in [-0.1, -0.05) is 6.08 Å². The minimum atomic E-state index is -0.258. The molecule has 2 bridgehead atoms. The molecule has 2 rings (SSSR count). The summed E-state index contributed by atoms with van der Waals surface area (Å²) in [6, 6.07) is 0. The Balaban J connectivity index is 1.61. The van der Waals surface area contributed by atoms with Crippen molar-refractivity contribution in [2.24, 2.45) is 11.8 Å². The van der Waals surface area contributed by atoms with Gasteiger partial charge in [0.05, 0.1) is 32.0 Å². The Morgan fingerprint density at radius 2 is 1.91 bits per heavy atom. The molecule has 1 N–H and O–H groups in total. The van der Waals surface area contributed by atoms with Gasteiger partial charge >= 0.3 is 0 Å². The van der Waals surface area contributed by atoms with Crippen LogP contribution < -0.4 is 0 Å². The zero-order chi connectivity index (χ0) is 16.7. The maximum atomic E-state index is 11.2. The van der Waals surface area contributed by atoms with Gasteiger partial charge in [0.2, 0.25) is 5.91 Å². The van der Waals surface area contributed by atoms with Crippen molar-refractivity contribution in [2.75, 3.05) is 33.5 Å². The number of rotatable bonds is 11. The summed E-state index contributed by atoms with van der Waals surface area (Å²) in [5, 5.41) is 9.61. The topological polar surface area (TPSA) is 68.2 Å². The fourth-order valence-electron chi connectivity index (χ4n) is 3.48. The highest BCUT2D eigenvalue weighted by Gasteiger charge is 2.48. The van der Waals surface area contributed by atoms with Crippen LogP contribution in [0.1, 0.15) is 32.1 Å². The Labute approximate surface area is 138 Å². The number of nitrogens with zero attached hydrogens (tertiary/aromatic N) is 1. The van der Waals surface area contributed by atoms with Gasteiger partial charge in [0.15, 0.2) is 0 Å². The third-order valence-corrected chi connectivity index (χ3v) is 4.74. The van der Waals surface area contributed by atoms with Crippen LogP contribution in [-0.2, 0) is 19.0 Å². The minimum absolute atomic E-state index is 0.258. The maximum Gasteiger partial charge on any atom is 0.245 e. The van der Waals surface area contributed by atoms with Crippen molar-refractivity contribution in [1.29, 1.82) is 0 Å². The molecule has 2 aliphatic heterocycles. The molecule has 6 heteroatoms. The molecule has 1 amide bonds. The van der Waals surface area contributed by atoms with Gasteiger partial charge in [-0.05, 0) is 25.7 Å². The van der Waals surface area contributed by atoms with Gasteiger partial charge in [-0.25, -0.2) is 5.06 Å². The normalized spacial score (nSPS) is 29.0. The highest BCUT2D eigenvalue weighted by Crippen LogP contribution is 2.43. The van der Waals surface area contributed by atoms with E-state index in [4.69, 9.17) is 19.4 Å². The predicted molar refractivity (Wildman–Crippen MR) is 85.1 cm³/mol. The molecule has 132 valence electrons. The molecule has 4 atom stereocenters. The number of hydroxylamine groups is 2. The minimum Gasteiger partial charge on any atom is -0.381 e. The summed E-state index contributed by atoms with van der Waals surface area (Å²) in [6.45, 7) is 6.28. The molecule has 0 aromatic rings. The monoisotopic (exact) mass is 327 g/mol. The quantitative estimate of drug-likeness (QED) is 0.272. The first-order valence-electron chi connectivity index (χ1n) is 8.50. The molecule has 0 radical (unpaired) electrons. The van der Waals surface area contributed by atoms with E-state index < -0.39 is 0 Å². The molecule has 23 heavy (non-hydrogen) atoms. The highest BCUT2D eigenvalue weighted by molar-refractivity contribution is 5.74. The average molecular weight is 327 g/mol. The zero-order valence-corrected chi connectivity index (χ0v) is 14.0. The smallest absolute Gasteiger partial charge is 0.245 e. The fraction of sp³-hybridized carbons (Fsp3) is 0.824. The van der Waals surface area contributed by atoms with E-state index >= 15 is 0 Å². The second-order valence-electron chi connectivity index (χ2n) is 6.39. The third kappa shape index (κ3) is 5.28. The van der Waals surface area contributed by atoms with Crippen LogP contribution in [-0.4, -0.2) is 61.9 Å². The number of amides is 1. The van der Waals surface area contributed by atoms with Crippen LogP contribution in [0.2, 0.25) is 0 Å². The van der Waals surface area contributed by atoms with Crippen LogP contribution in [0, 0.1) is 11.8 Å². The standard InChI is InChI=1S/C17H29NO5/c1-3-9-21-11-13-14(16-8-7-15(13)23-16)12-22-10-5-4-6-17(19)18(2)20/h3,13-16,20H,1,4-12H2,2H3. The zero-order valence-electron chi connectivity index (χ0n) is 14.0. The summed E-state index contributed by atoms with van der Waals surface area (Å²) in [4.78, 5) is 11.2. The number of unbranched alkanes of at least 4 members (excludes halogenated alkanes) is 1. The Morgan fingerprint density at radius 3 is 2.52 bits per heavy atom. The summed E-state index contributed by atoms with van der Waals surface area (Å²) < 4.78 is 17.4. The lowest BCUT2D eigenvalue weighted by Crippen LogP contribution is -2.34. The fourth-order valence-corrected chi connectivity index (χ4v) is 3.48. The van der Waals surface area contributed by atoms with E-state index in [1.807, 2.05) is 0 Å². The largest absolute Gasteiger partial charge is 0.381 e. The van der Waals surface area contributed by atoms with E-state index in [1.165, 1.54) is 7.05 Å². The molecule has 0 spiro atoms. The van der Waals surface area contributed by atoms with Gasteiger partial charge in [-0.15, -0.1) is 6.58 Å². The SMILES string of the molecule is C=CCOCC1C2CCC(O2)C1COCCCCC(=O)N(C)O. The number of ether oxygens (including phenoxy) is 3. The Kier molecular flexibility index (Phi) is 7.49. The van der Waals surface area contributed by atoms with Crippen molar-refractivity contribution >= 4 is 5.91 Å². The van der Waals surface area contributed by atoms with Gasteiger partial charge in [-0.2, -0.15) is 0 Å². The lowest BCUT2D eigenvalue weighted by atomic mass is 9.80. The van der Waals surface area contributed by atoms with Crippen LogP contribution in [0.5, 0.6) is 0 Å². The second-order valence-corrected chi connectivity index (χ2v) is 6.39. The summed E-state index contributed by atoms with van der Waals surface area (Å²) in [5.74, 6) is 0.563. The number of hydrogen-bond acceptors (Lipinski definition) is 5. The van der Waals surface area contributed by atoms with Crippen LogP contribution in [0.4, 0.5) is 0 Å². The van der Waals surface area contributed by atoms with Crippen LogP contribution in [0.25, 0.3) is 0 Å². The molecule has 2 aliphatic rings. The van der Waals surface area contributed by atoms with Crippen molar-refractivity contribution in [3.05, 3.63) is 12.7 Å². The Hall–Kier alpha value is -0.950. The maximum absolute atomic E-state index is 11.2. The summed E-state index contributed by atoms with van der Waals surface area (Å²) in [6.07, 6.45) is 6.53. The number of carbonyl (C=O) groups excluding carboxylic acids is 1. The lowest BCUT2D eigenvalue weighted by Gasteiger charge is -2.27. The first-order chi connectivity index (χ1) is 11.1. The number of fused-ring (bicyclic) bond motifs is 2. The molecule has 2 heterocycles. The molecule has 0 aromatic carbocycles. The van der Waals surface area contributed by atoms with E-state index in [2.05, 4.69) is 6.58 Å². The van der Waals surface area contributed by atoms with Crippen molar-refractivity contribution < 1.29 is 24.2 Å². The lowest BCUT2D eigenvalue weighted by molar-refractivity contribution is -0.159. The van der Waals surface area contributed by atoms with E-state index in [-0.39, 0.29) is 5.91 Å². The molecule has 6 nitrogen and oxygen atoms in total. The van der Waals surface area contributed by atoms with Gasteiger partial charge in [0.25, 0.3) is 0 Å². The van der Waals surface area contributed by atoms with Crippen molar-refractivity contribution in [3.8, 4) is 0 Å². The van der Waals surface area contributed by atoms with Crippen molar-refractivity contribution in [2.45, 2.75) is 44.3 Å². The van der Waals surface area contributed by atoms with E-state index in [0.29, 0.717) is 62.0 Å². The second kappa shape index (κ2) is 9.37. The van der Waals surface area contributed by atoms with Gasteiger partial charge in [-0.3, -0.25) is 10.0 Å². The summed E-state index contributed by atoms with van der Waals surface area (Å²) >= 11 is 0. The molecular formula is C17H29NO5. The first kappa shape index (κ1) is 18.4. The molecular weight excluding hydrogens is 298 g/mol.